The Bertz CT molecular complexity index is 457. The van der Waals surface area contributed by atoms with E-state index >= 15 is 0 Å². The number of halogens is 1. The highest BCUT2D eigenvalue weighted by atomic mass is 35.5. The number of methoxy groups -OCH3 is 1. The first-order valence-electron chi connectivity index (χ1n) is 6.68. The fourth-order valence-corrected chi connectivity index (χ4v) is 2.12. The van der Waals surface area contributed by atoms with Gasteiger partial charge in [0.05, 0.1) is 18.4 Å². The molecule has 0 aliphatic heterocycles. The van der Waals surface area contributed by atoms with Crippen molar-refractivity contribution in [3.05, 3.63) is 11.3 Å². The molecular formula is C13H23ClN4O2. The van der Waals surface area contributed by atoms with Crippen molar-refractivity contribution in [3.8, 4) is 5.88 Å². The van der Waals surface area contributed by atoms with Crippen LogP contribution in [0.4, 0.5) is 0 Å². The summed E-state index contributed by atoms with van der Waals surface area (Å²) in [5.74, 6) is 1.25. The van der Waals surface area contributed by atoms with E-state index in [1.54, 1.807) is 11.8 Å². The van der Waals surface area contributed by atoms with Crippen LogP contribution in [0.2, 0.25) is 0 Å². The van der Waals surface area contributed by atoms with Crippen LogP contribution < -0.4 is 15.4 Å². The SMILES string of the molecule is COc1c(CNCCNC(=O)C2CC2)c(C)nn1C.Cl. The van der Waals surface area contributed by atoms with Crippen LogP contribution >= 0.6 is 12.4 Å². The van der Waals surface area contributed by atoms with E-state index in [1.165, 1.54) is 0 Å². The molecule has 1 amide bonds. The molecule has 1 aliphatic rings. The van der Waals surface area contributed by atoms with Crippen molar-refractivity contribution in [2.24, 2.45) is 13.0 Å². The zero-order chi connectivity index (χ0) is 13.8. The summed E-state index contributed by atoms with van der Waals surface area (Å²) in [6.45, 7) is 4.07. The fourth-order valence-electron chi connectivity index (χ4n) is 2.12. The van der Waals surface area contributed by atoms with E-state index in [4.69, 9.17) is 4.74 Å². The summed E-state index contributed by atoms with van der Waals surface area (Å²) in [4.78, 5) is 11.4. The molecule has 1 saturated carbocycles. The van der Waals surface area contributed by atoms with E-state index in [1.807, 2.05) is 14.0 Å². The molecule has 0 aromatic carbocycles. The van der Waals surface area contributed by atoms with Gasteiger partial charge in [0.2, 0.25) is 11.8 Å². The summed E-state index contributed by atoms with van der Waals surface area (Å²) < 4.78 is 7.06. The summed E-state index contributed by atoms with van der Waals surface area (Å²) in [6.07, 6.45) is 2.09. The van der Waals surface area contributed by atoms with Gasteiger partial charge in [0.1, 0.15) is 0 Å². The first-order chi connectivity index (χ1) is 9.13. The molecule has 1 fully saturated rings. The van der Waals surface area contributed by atoms with Gasteiger partial charge in [-0.3, -0.25) is 4.79 Å². The zero-order valence-electron chi connectivity index (χ0n) is 12.2. The number of nitrogens with zero attached hydrogens (tertiary/aromatic N) is 2. The largest absolute Gasteiger partial charge is 0.481 e. The molecule has 7 heteroatoms. The maximum Gasteiger partial charge on any atom is 0.223 e. The maximum atomic E-state index is 11.4. The van der Waals surface area contributed by atoms with Gasteiger partial charge in [0.15, 0.2) is 0 Å². The van der Waals surface area contributed by atoms with Crippen LogP contribution in [0.25, 0.3) is 0 Å². The Labute approximate surface area is 125 Å². The number of aryl methyl sites for hydroxylation is 2. The Hall–Kier alpha value is -1.27. The van der Waals surface area contributed by atoms with E-state index in [0.29, 0.717) is 13.1 Å². The number of carbonyl (C=O) groups excluding carboxylic acids is 1. The third kappa shape index (κ3) is 4.11. The second-order valence-electron chi connectivity index (χ2n) is 4.94. The molecule has 0 bridgehead atoms. The van der Waals surface area contributed by atoms with Crippen molar-refractivity contribution in [1.82, 2.24) is 20.4 Å². The Morgan fingerprint density at radius 1 is 1.45 bits per heavy atom. The number of aromatic nitrogens is 2. The molecule has 1 heterocycles. The van der Waals surface area contributed by atoms with E-state index in [0.717, 1.165) is 36.5 Å². The van der Waals surface area contributed by atoms with Crippen LogP contribution in [0.5, 0.6) is 5.88 Å². The highest BCUT2D eigenvalue weighted by Gasteiger charge is 2.28. The van der Waals surface area contributed by atoms with Gasteiger partial charge in [-0.25, -0.2) is 4.68 Å². The third-order valence-electron chi connectivity index (χ3n) is 3.33. The number of hydrogen-bond donors (Lipinski definition) is 2. The summed E-state index contributed by atoms with van der Waals surface area (Å²) in [5.41, 5.74) is 2.03. The molecule has 2 N–H and O–H groups in total. The van der Waals surface area contributed by atoms with Crippen molar-refractivity contribution in [3.63, 3.8) is 0 Å². The lowest BCUT2D eigenvalue weighted by molar-refractivity contribution is -0.122. The zero-order valence-corrected chi connectivity index (χ0v) is 13.0. The molecule has 0 saturated heterocycles. The van der Waals surface area contributed by atoms with Crippen LogP contribution in [0, 0.1) is 12.8 Å². The molecule has 114 valence electrons. The van der Waals surface area contributed by atoms with Crippen LogP contribution in [-0.2, 0) is 18.4 Å². The van der Waals surface area contributed by atoms with Gasteiger partial charge < -0.3 is 15.4 Å². The summed E-state index contributed by atoms with van der Waals surface area (Å²) in [5, 5.41) is 10.5. The first kappa shape index (κ1) is 16.8. The number of amides is 1. The van der Waals surface area contributed by atoms with Crippen LogP contribution in [0.3, 0.4) is 0 Å². The summed E-state index contributed by atoms with van der Waals surface area (Å²) >= 11 is 0. The maximum absolute atomic E-state index is 11.4. The second-order valence-corrected chi connectivity index (χ2v) is 4.94. The molecule has 0 spiro atoms. The monoisotopic (exact) mass is 302 g/mol. The predicted molar refractivity (Wildman–Crippen MR) is 79.2 cm³/mol. The topological polar surface area (TPSA) is 68.2 Å². The minimum atomic E-state index is 0. The minimum absolute atomic E-state index is 0. The van der Waals surface area contributed by atoms with Gasteiger partial charge in [-0.15, -0.1) is 12.4 Å². The Balaban J connectivity index is 0.00000200. The van der Waals surface area contributed by atoms with E-state index in [-0.39, 0.29) is 24.2 Å². The molecule has 1 aromatic rings. The number of nitrogens with one attached hydrogen (secondary N) is 2. The minimum Gasteiger partial charge on any atom is -0.481 e. The summed E-state index contributed by atoms with van der Waals surface area (Å²) in [6, 6.07) is 0. The second kappa shape index (κ2) is 7.50. The normalized spacial score (nSPS) is 13.8. The van der Waals surface area contributed by atoms with Gasteiger partial charge >= 0.3 is 0 Å². The van der Waals surface area contributed by atoms with Crippen LogP contribution in [0.1, 0.15) is 24.1 Å². The number of rotatable bonds is 7. The fraction of sp³-hybridized carbons (Fsp3) is 0.692. The Morgan fingerprint density at radius 2 is 2.15 bits per heavy atom. The Kier molecular flexibility index (Phi) is 6.29. The van der Waals surface area contributed by atoms with E-state index in [9.17, 15) is 4.79 Å². The van der Waals surface area contributed by atoms with Crippen molar-refractivity contribution in [2.45, 2.75) is 26.3 Å². The number of carbonyl (C=O) groups is 1. The smallest absolute Gasteiger partial charge is 0.223 e. The molecule has 2 rings (SSSR count). The lowest BCUT2D eigenvalue weighted by Gasteiger charge is -2.08. The van der Waals surface area contributed by atoms with E-state index < -0.39 is 0 Å². The molecule has 0 atom stereocenters. The van der Waals surface area contributed by atoms with Gasteiger partial charge in [-0.2, -0.15) is 5.10 Å². The molecular weight excluding hydrogens is 280 g/mol. The van der Waals surface area contributed by atoms with Gasteiger partial charge in [-0.05, 0) is 19.8 Å². The standard InChI is InChI=1S/C13H22N4O2.ClH/c1-9-11(13(19-3)17(2)16-9)8-14-6-7-15-12(18)10-4-5-10;/h10,14H,4-8H2,1-3H3,(H,15,18);1H. The predicted octanol–water partition coefficient (Wildman–Crippen LogP) is 0.775. The van der Waals surface area contributed by atoms with Crippen LogP contribution in [-0.4, -0.2) is 35.9 Å². The average molecular weight is 303 g/mol. The average Bonchev–Trinajstić information content (AvgIpc) is 3.17. The molecule has 6 nitrogen and oxygen atoms in total. The highest BCUT2D eigenvalue weighted by Crippen LogP contribution is 2.28. The third-order valence-corrected chi connectivity index (χ3v) is 3.33. The Morgan fingerprint density at radius 3 is 2.75 bits per heavy atom. The quantitative estimate of drug-likeness (QED) is 0.730. The molecule has 20 heavy (non-hydrogen) atoms. The first-order valence-corrected chi connectivity index (χ1v) is 6.68. The van der Waals surface area contributed by atoms with Crippen molar-refractivity contribution < 1.29 is 9.53 Å². The van der Waals surface area contributed by atoms with Gasteiger partial charge in [-0.1, -0.05) is 0 Å². The molecule has 1 aliphatic carbocycles. The van der Waals surface area contributed by atoms with Crippen LogP contribution in [0.15, 0.2) is 0 Å². The van der Waals surface area contributed by atoms with Crippen molar-refractivity contribution >= 4 is 18.3 Å². The van der Waals surface area contributed by atoms with E-state index in [2.05, 4.69) is 15.7 Å². The summed E-state index contributed by atoms with van der Waals surface area (Å²) in [7, 11) is 3.51. The lowest BCUT2D eigenvalue weighted by atomic mass is 10.2. The van der Waals surface area contributed by atoms with Crippen molar-refractivity contribution in [2.75, 3.05) is 20.2 Å². The number of hydrogen-bond acceptors (Lipinski definition) is 4. The lowest BCUT2D eigenvalue weighted by Crippen LogP contribution is -2.32. The van der Waals surface area contributed by atoms with Crippen molar-refractivity contribution in [1.29, 1.82) is 0 Å². The van der Waals surface area contributed by atoms with Gasteiger partial charge in [0.25, 0.3) is 0 Å². The molecule has 0 radical (unpaired) electrons. The highest BCUT2D eigenvalue weighted by molar-refractivity contribution is 5.85. The van der Waals surface area contributed by atoms with Gasteiger partial charge in [0, 0.05) is 32.6 Å². The number of ether oxygens (including phenoxy) is 1. The molecule has 0 unspecified atom stereocenters. The molecule has 1 aromatic heterocycles.